The van der Waals surface area contributed by atoms with E-state index in [4.69, 9.17) is 20.0 Å². The molecular formula is C18H16N2O2. The van der Waals surface area contributed by atoms with Gasteiger partial charge in [0.2, 0.25) is 0 Å². The Morgan fingerprint density at radius 3 is 1.23 bits per heavy atom. The molecule has 0 fully saturated rings. The first-order valence-corrected chi connectivity index (χ1v) is 6.79. The van der Waals surface area contributed by atoms with Crippen LogP contribution in [0.4, 0.5) is 0 Å². The van der Waals surface area contributed by atoms with Gasteiger partial charge in [0.15, 0.2) is 0 Å². The number of nitrogens with zero attached hydrogens (tertiary/aromatic N) is 2. The van der Waals surface area contributed by atoms with Crippen molar-refractivity contribution in [2.24, 2.45) is 0 Å². The van der Waals surface area contributed by atoms with E-state index in [1.54, 1.807) is 38.5 Å². The van der Waals surface area contributed by atoms with Gasteiger partial charge in [0.05, 0.1) is 23.3 Å². The Morgan fingerprint density at radius 1 is 0.682 bits per heavy atom. The highest BCUT2D eigenvalue weighted by Crippen LogP contribution is 2.34. The van der Waals surface area contributed by atoms with Crippen LogP contribution < -0.4 is 0 Å². The lowest BCUT2D eigenvalue weighted by Gasteiger charge is -2.25. The second kappa shape index (κ2) is 7.38. The number of benzene rings is 2. The molecule has 0 aliphatic carbocycles. The van der Waals surface area contributed by atoms with Crippen LogP contribution in [0.25, 0.3) is 0 Å². The summed E-state index contributed by atoms with van der Waals surface area (Å²) >= 11 is 0. The number of hydrogen-bond acceptors (Lipinski definition) is 4. The fourth-order valence-corrected chi connectivity index (χ4v) is 2.36. The molecule has 0 radical (unpaired) electrons. The van der Waals surface area contributed by atoms with E-state index >= 15 is 0 Å². The Kier molecular flexibility index (Phi) is 5.27. The molecule has 0 aliphatic rings. The summed E-state index contributed by atoms with van der Waals surface area (Å²) < 4.78 is 11.2. The maximum absolute atomic E-state index is 8.87. The molecule has 4 nitrogen and oxygen atoms in total. The van der Waals surface area contributed by atoms with Crippen molar-refractivity contribution in [3.63, 3.8) is 0 Å². The minimum absolute atomic E-state index is 0.300. The van der Waals surface area contributed by atoms with E-state index in [0.717, 1.165) is 11.1 Å². The number of methoxy groups -OCH3 is 2. The summed E-state index contributed by atoms with van der Waals surface area (Å²) in [5.41, 5.74) is 3.06. The van der Waals surface area contributed by atoms with Crippen LogP contribution in [0, 0.1) is 22.7 Å². The Hall–Kier alpha value is -2.66. The number of ether oxygens (including phenoxy) is 2. The summed E-state index contributed by atoms with van der Waals surface area (Å²) in [5, 5.41) is 17.7. The average molecular weight is 292 g/mol. The zero-order valence-electron chi connectivity index (χ0n) is 12.5. The van der Waals surface area contributed by atoms with Crippen LogP contribution in [0.1, 0.15) is 34.5 Å². The van der Waals surface area contributed by atoms with Crippen molar-refractivity contribution >= 4 is 0 Å². The van der Waals surface area contributed by atoms with Crippen LogP contribution >= 0.6 is 0 Å². The molecule has 0 aliphatic heterocycles. The SMILES string of the molecule is COC(c1ccc(C#N)cc1)C(OC)c1ccc(C#N)cc1. The van der Waals surface area contributed by atoms with Crippen molar-refractivity contribution in [3.8, 4) is 12.1 Å². The predicted molar refractivity (Wildman–Crippen MR) is 81.8 cm³/mol. The summed E-state index contributed by atoms with van der Waals surface area (Å²) in [6.07, 6.45) is -0.601. The van der Waals surface area contributed by atoms with Gasteiger partial charge in [-0.3, -0.25) is 0 Å². The van der Waals surface area contributed by atoms with E-state index < -0.39 is 0 Å². The normalized spacial score (nSPS) is 12.9. The standard InChI is InChI=1S/C18H16N2O2/c1-21-17(15-7-3-13(11-19)4-8-15)18(22-2)16-9-5-14(12-20)6-10-16/h3-10,17-18H,1-2H3. The van der Waals surface area contributed by atoms with Gasteiger partial charge in [-0.1, -0.05) is 24.3 Å². The molecule has 2 unspecified atom stereocenters. The van der Waals surface area contributed by atoms with Crippen molar-refractivity contribution in [3.05, 3.63) is 70.8 Å². The van der Waals surface area contributed by atoms with Crippen molar-refractivity contribution < 1.29 is 9.47 Å². The summed E-state index contributed by atoms with van der Waals surface area (Å²) in [7, 11) is 3.25. The number of rotatable bonds is 5. The largest absolute Gasteiger partial charge is 0.374 e. The quantitative estimate of drug-likeness (QED) is 0.846. The molecule has 0 N–H and O–H groups in total. The van der Waals surface area contributed by atoms with Gasteiger partial charge in [-0.15, -0.1) is 0 Å². The van der Waals surface area contributed by atoms with Gasteiger partial charge in [0.1, 0.15) is 12.2 Å². The predicted octanol–water partition coefficient (Wildman–Crippen LogP) is 3.51. The molecular weight excluding hydrogens is 276 g/mol. The Labute approximate surface area is 130 Å². The minimum Gasteiger partial charge on any atom is -0.374 e. The molecule has 2 aromatic rings. The Morgan fingerprint density at radius 2 is 1.00 bits per heavy atom. The van der Waals surface area contributed by atoms with Crippen molar-refractivity contribution in [2.45, 2.75) is 12.2 Å². The molecule has 4 heteroatoms. The van der Waals surface area contributed by atoms with Gasteiger partial charge in [0.25, 0.3) is 0 Å². The summed E-state index contributed by atoms with van der Waals surface area (Å²) in [5.74, 6) is 0. The topological polar surface area (TPSA) is 66.0 Å². The first-order valence-electron chi connectivity index (χ1n) is 6.79. The third kappa shape index (κ3) is 3.32. The van der Waals surface area contributed by atoms with Crippen LogP contribution in [0.5, 0.6) is 0 Å². The van der Waals surface area contributed by atoms with Crippen LogP contribution in [0.15, 0.2) is 48.5 Å². The Balaban J connectivity index is 2.33. The molecule has 0 heterocycles. The molecule has 0 aromatic heterocycles. The molecule has 2 aromatic carbocycles. The van der Waals surface area contributed by atoms with E-state index in [-0.39, 0.29) is 12.2 Å². The van der Waals surface area contributed by atoms with Gasteiger partial charge in [-0.05, 0) is 35.4 Å². The summed E-state index contributed by atoms with van der Waals surface area (Å²) in [6, 6.07) is 18.7. The fourth-order valence-electron chi connectivity index (χ4n) is 2.36. The van der Waals surface area contributed by atoms with Gasteiger partial charge >= 0.3 is 0 Å². The zero-order chi connectivity index (χ0) is 15.9. The molecule has 0 saturated carbocycles. The summed E-state index contributed by atoms with van der Waals surface area (Å²) in [4.78, 5) is 0. The van der Waals surface area contributed by atoms with Crippen molar-refractivity contribution in [1.29, 1.82) is 10.5 Å². The molecule has 0 bridgehead atoms. The van der Waals surface area contributed by atoms with Gasteiger partial charge in [-0.25, -0.2) is 0 Å². The minimum atomic E-state index is -0.300. The monoisotopic (exact) mass is 292 g/mol. The van der Waals surface area contributed by atoms with E-state index in [2.05, 4.69) is 12.1 Å². The Bertz CT molecular complexity index is 630. The van der Waals surface area contributed by atoms with Gasteiger partial charge < -0.3 is 9.47 Å². The molecule has 2 rings (SSSR count). The van der Waals surface area contributed by atoms with E-state index in [1.165, 1.54) is 0 Å². The molecule has 22 heavy (non-hydrogen) atoms. The van der Waals surface area contributed by atoms with Crippen LogP contribution in [0.2, 0.25) is 0 Å². The third-order valence-corrected chi connectivity index (χ3v) is 3.52. The van der Waals surface area contributed by atoms with Crippen LogP contribution in [-0.2, 0) is 9.47 Å². The zero-order valence-corrected chi connectivity index (χ0v) is 12.5. The van der Waals surface area contributed by atoms with Crippen LogP contribution in [0.3, 0.4) is 0 Å². The maximum Gasteiger partial charge on any atom is 0.112 e. The highest BCUT2D eigenvalue weighted by atomic mass is 16.5. The van der Waals surface area contributed by atoms with Crippen LogP contribution in [-0.4, -0.2) is 14.2 Å². The second-order valence-electron chi connectivity index (χ2n) is 4.78. The van der Waals surface area contributed by atoms with E-state index in [9.17, 15) is 0 Å². The molecule has 110 valence electrons. The first-order chi connectivity index (χ1) is 10.7. The second-order valence-corrected chi connectivity index (χ2v) is 4.78. The summed E-state index contributed by atoms with van der Waals surface area (Å²) in [6.45, 7) is 0. The fraction of sp³-hybridized carbons (Fsp3) is 0.222. The molecule has 0 spiro atoms. The van der Waals surface area contributed by atoms with Crippen molar-refractivity contribution in [1.82, 2.24) is 0 Å². The van der Waals surface area contributed by atoms with Gasteiger partial charge in [0, 0.05) is 14.2 Å². The first kappa shape index (κ1) is 15.7. The lowest BCUT2D eigenvalue weighted by atomic mass is 9.96. The maximum atomic E-state index is 8.87. The van der Waals surface area contributed by atoms with Crippen molar-refractivity contribution in [2.75, 3.05) is 14.2 Å². The molecule has 0 saturated heterocycles. The highest BCUT2D eigenvalue weighted by molar-refractivity contribution is 5.36. The third-order valence-electron chi connectivity index (χ3n) is 3.52. The average Bonchev–Trinajstić information content (AvgIpc) is 2.60. The molecule has 2 atom stereocenters. The molecule has 0 amide bonds. The van der Waals surface area contributed by atoms with Gasteiger partial charge in [-0.2, -0.15) is 10.5 Å². The van der Waals surface area contributed by atoms with E-state index in [0.29, 0.717) is 11.1 Å². The smallest absolute Gasteiger partial charge is 0.112 e. The number of hydrogen-bond donors (Lipinski definition) is 0. The lowest BCUT2D eigenvalue weighted by Crippen LogP contribution is -2.15. The van der Waals surface area contributed by atoms with E-state index in [1.807, 2.05) is 24.3 Å². The highest BCUT2D eigenvalue weighted by Gasteiger charge is 2.24. The lowest BCUT2D eigenvalue weighted by molar-refractivity contribution is -0.0397. The number of nitriles is 2.